The zero-order chi connectivity index (χ0) is 19.0. The van der Waals surface area contributed by atoms with E-state index in [-0.39, 0.29) is 11.9 Å². The van der Waals surface area contributed by atoms with Crippen LogP contribution in [-0.4, -0.2) is 41.7 Å². The fourth-order valence-electron chi connectivity index (χ4n) is 3.15. The summed E-state index contributed by atoms with van der Waals surface area (Å²) in [6.07, 6.45) is 0. The van der Waals surface area contributed by atoms with Gasteiger partial charge >= 0.3 is 6.03 Å². The van der Waals surface area contributed by atoms with Gasteiger partial charge in [0, 0.05) is 31.4 Å². The lowest BCUT2D eigenvalue weighted by Crippen LogP contribution is -2.27. The van der Waals surface area contributed by atoms with Crippen LogP contribution in [0.5, 0.6) is 5.75 Å². The second-order valence-corrected chi connectivity index (χ2v) is 6.21. The molecule has 8 heteroatoms. The summed E-state index contributed by atoms with van der Waals surface area (Å²) in [5.74, 6) is 0.809. The van der Waals surface area contributed by atoms with Crippen LogP contribution in [0.2, 0.25) is 0 Å². The number of imidazole rings is 1. The number of aromatic nitrogens is 2. The summed E-state index contributed by atoms with van der Waals surface area (Å²) < 4.78 is 7.13. The fraction of sp³-hybridized carbons (Fsp3) is 0.211. The van der Waals surface area contributed by atoms with E-state index in [9.17, 15) is 9.59 Å². The summed E-state index contributed by atoms with van der Waals surface area (Å²) in [6.45, 7) is 1.24. The van der Waals surface area contributed by atoms with E-state index in [4.69, 9.17) is 4.74 Å². The van der Waals surface area contributed by atoms with Crippen LogP contribution in [0.25, 0.3) is 11.0 Å². The number of aryl methyl sites for hydroxylation is 1. The third-order valence-electron chi connectivity index (χ3n) is 4.62. The van der Waals surface area contributed by atoms with Crippen LogP contribution in [0, 0.1) is 0 Å². The molecule has 27 heavy (non-hydrogen) atoms. The normalized spacial score (nSPS) is 13.7. The van der Waals surface area contributed by atoms with Crippen LogP contribution in [0.4, 0.5) is 16.4 Å². The van der Waals surface area contributed by atoms with Crippen LogP contribution >= 0.6 is 0 Å². The molecule has 0 atom stereocenters. The molecule has 1 aromatic heterocycles. The molecule has 1 saturated heterocycles. The first-order chi connectivity index (χ1) is 13.1. The Morgan fingerprint density at radius 2 is 2.00 bits per heavy atom. The van der Waals surface area contributed by atoms with E-state index in [2.05, 4.69) is 15.6 Å². The molecule has 2 aromatic carbocycles. The minimum absolute atomic E-state index is 0.124. The summed E-state index contributed by atoms with van der Waals surface area (Å²) in [4.78, 5) is 30.5. The molecule has 0 unspecified atom stereocenters. The molecule has 1 fully saturated rings. The van der Waals surface area contributed by atoms with Crippen LogP contribution in [-0.2, 0) is 7.05 Å². The number of nitrogens with one attached hydrogen (secondary N) is 2. The number of benzene rings is 2. The average molecular weight is 365 g/mol. The maximum absolute atomic E-state index is 12.6. The van der Waals surface area contributed by atoms with Gasteiger partial charge in [-0.25, -0.2) is 9.78 Å². The minimum atomic E-state index is -0.273. The molecule has 0 bridgehead atoms. The molecule has 1 aliphatic rings. The number of hydrogen-bond donors (Lipinski definition) is 2. The van der Waals surface area contributed by atoms with Crippen molar-refractivity contribution in [2.24, 2.45) is 7.05 Å². The zero-order valence-electron chi connectivity index (χ0n) is 15.0. The third-order valence-corrected chi connectivity index (χ3v) is 4.62. The lowest BCUT2D eigenvalue weighted by molar-refractivity contribution is 0.102. The number of anilines is 2. The Hall–Kier alpha value is -3.55. The largest absolute Gasteiger partial charge is 0.494 e. The predicted octanol–water partition coefficient (Wildman–Crippen LogP) is 2.36. The van der Waals surface area contributed by atoms with Crippen LogP contribution in [0.3, 0.4) is 0 Å². The third kappa shape index (κ3) is 2.95. The zero-order valence-corrected chi connectivity index (χ0v) is 15.0. The maximum atomic E-state index is 12.6. The highest BCUT2D eigenvalue weighted by Gasteiger charge is 2.21. The topological polar surface area (TPSA) is 88.5 Å². The highest BCUT2D eigenvalue weighted by atomic mass is 16.5. The molecule has 2 heterocycles. The van der Waals surface area contributed by atoms with Gasteiger partial charge in [-0.3, -0.25) is 15.0 Å². The van der Waals surface area contributed by atoms with Crippen molar-refractivity contribution in [2.75, 3.05) is 30.4 Å². The summed E-state index contributed by atoms with van der Waals surface area (Å²) in [6, 6.07) is 12.4. The molecule has 1 aliphatic heterocycles. The number of ether oxygens (including phenoxy) is 1. The van der Waals surface area contributed by atoms with Crippen LogP contribution in [0.1, 0.15) is 10.4 Å². The van der Waals surface area contributed by atoms with Gasteiger partial charge in [-0.15, -0.1) is 0 Å². The highest BCUT2D eigenvalue weighted by Crippen LogP contribution is 2.27. The molecule has 2 N–H and O–H groups in total. The summed E-state index contributed by atoms with van der Waals surface area (Å²) in [5.41, 5.74) is 2.79. The quantitative estimate of drug-likeness (QED) is 0.743. The van der Waals surface area contributed by atoms with Crippen molar-refractivity contribution < 1.29 is 14.3 Å². The molecular formula is C19H19N5O3. The maximum Gasteiger partial charge on any atom is 0.321 e. The first-order valence-electron chi connectivity index (χ1n) is 8.54. The standard InChI is InChI=1S/C19H19N5O3/c1-23-14-4-3-5-15(27-2)16(14)21-18(23)22-17(25)12-6-8-13(9-7-12)24-11-10-20-19(24)26/h3-9H,10-11H2,1-2H3,(H,20,26)(H,21,22,25). The monoisotopic (exact) mass is 365 g/mol. The Kier molecular flexibility index (Phi) is 4.15. The van der Waals surface area contributed by atoms with E-state index in [0.29, 0.717) is 35.9 Å². The summed E-state index contributed by atoms with van der Waals surface area (Å²) in [7, 11) is 3.42. The number of para-hydroxylation sites is 1. The Balaban J connectivity index is 1.56. The van der Waals surface area contributed by atoms with Gasteiger partial charge in [-0.05, 0) is 36.4 Å². The van der Waals surface area contributed by atoms with Gasteiger partial charge in [0.05, 0.1) is 12.6 Å². The molecule has 3 amide bonds. The number of methoxy groups -OCH3 is 1. The molecule has 0 aliphatic carbocycles. The lowest BCUT2D eigenvalue weighted by Gasteiger charge is -2.14. The molecule has 0 spiro atoms. The number of nitrogens with zero attached hydrogens (tertiary/aromatic N) is 3. The Morgan fingerprint density at radius 1 is 1.22 bits per heavy atom. The molecule has 0 saturated carbocycles. The van der Waals surface area contributed by atoms with E-state index >= 15 is 0 Å². The van der Waals surface area contributed by atoms with Crippen LogP contribution in [0.15, 0.2) is 42.5 Å². The molecule has 3 aromatic rings. The van der Waals surface area contributed by atoms with E-state index in [1.54, 1.807) is 40.8 Å². The van der Waals surface area contributed by atoms with Crippen LogP contribution < -0.4 is 20.3 Å². The summed E-state index contributed by atoms with van der Waals surface area (Å²) in [5, 5.41) is 5.58. The van der Waals surface area contributed by atoms with Gasteiger partial charge in [-0.1, -0.05) is 6.07 Å². The van der Waals surface area contributed by atoms with Crippen molar-refractivity contribution in [2.45, 2.75) is 0 Å². The van der Waals surface area contributed by atoms with Gasteiger partial charge in [0.2, 0.25) is 5.95 Å². The van der Waals surface area contributed by atoms with Gasteiger partial charge in [0.15, 0.2) is 0 Å². The average Bonchev–Trinajstić information content (AvgIpc) is 3.25. The van der Waals surface area contributed by atoms with Crippen molar-refractivity contribution in [3.63, 3.8) is 0 Å². The molecule has 0 radical (unpaired) electrons. The first-order valence-corrected chi connectivity index (χ1v) is 8.54. The number of rotatable bonds is 4. The Bertz CT molecular complexity index is 1030. The summed E-state index contributed by atoms with van der Waals surface area (Å²) >= 11 is 0. The van der Waals surface area contributed by atoms with E-state index in [1.165, 1.54) is 0 Å². The number of carbonyl (C=O) groups is 2. The van der Waals surface area contributed by atoms with Crippen molar-refractivity contribution in [1.29, 1.82) is 0 Å². The van der Waals surface area contributed by atoms with Gasteiger partial charge < -0.3 is 14.6 Å². The SMILES string of the molecule is COc1cccc2c1nc(NC(=O)c1ccc(N3CCNC3=O)cc1)n2C. The molecule has 138 valence electrons. The van der Waals surface area contributed by atoms with Crippen molar-refractivity contribution >= 4 is 34.6 Å². The number of fused-ring (bicyclic) bond motifs is 1. The smallest absolute Gasteiger partial charge is 0.321 e. The molecule has 8 nitrogen and oxygen atoms in total. The number of amides is 3. The predicted molar refractivity (Wildman–Crippen MR) is 102 cm³/mol. The lowest BCUT2D eigenvalue weighted by atomic mass is 10.2. The number of urea groups is 1. The second-order valence-electron chi connectivity index (χ2n) is 6.21. The van der Waals surface area contributed by atoms with E-state index < -0.39 is 0 Å². The van der Waals surface area contributed by atoms with Crippen molar-refractivity contribution in [1.82, 2.24) is 14.9 Å². The fourth-order valence-corrected chi connectivity index (χ4v) is 3.15. The molecule has 4 rings (SSSR count). The van der Waals surface area contributed by atoms with Gasteiger partial charge in [0.25, 0.3) is 5.91 Å². The minimum Gasteiger partial charge on any atom is -0.494 e. The second kappa shape index (κ2) is 6.64. The number of hydrogen-bond acceptors (Lipinski definition) is 4. The van der Waals surface area contributed by atoms with Crippen molar-refractivity contribution in [3.05, 3.63) is 48.0 Å². The number of carbonyl (C=O) groups excluding carboxylic acids is 2. The van der Waals surface area contributed by atoms with E-state index in [0.717, 1.165) is 11.2 Å². The highest BCUT2D eigenvalue weighted by molar-refractivity contribution is 6.05. The van der Waals surface area contributed by atoms with Crippen molar-refractivity contribution in [3.8, 4) is 5.75 Å². The first kappa shape index (κ1) is 16.9. The van der Waals surface area contributed by atoms with Gasteiger partial charge in [-0.2, -0.15) is 0 Å². The van der Waals surface area contributed by atoms with Gasteiger partial charge in [0.1, 0.15) is 11.3 Å². The Morgan fingerprint density at radius 3 is 2.67 bits per heavy atom. The molecular weight excluding hydrogens is 346 g/mol. The Labute approximate surface area is 155 Å². The van der Waals surface area contributed by atoms with E-state index in [1.807, 2.05) is 25.2 Å².